The van der Waals surface area contributed by atoms with Gasteiger partial charge in [-0.05, 0) is 86.2 Å². The van der Waals surface area contributed by atoms with E-state index >= 15 is 0 Å². The van der Waals surface area contributed by atoms with Crippen LogP contribution in [0.5, 0.6) is 0 Å². The predicted molar refractivity (Wildman–Crippen MR) is 193 cm³/mol. The van der Waals surface area contributed by atoms with Crippen molar-refractivity contribution in [2.45, 2.75) is 82.8 Å². The van der Waals surface area contributed by atoms with Gasteiger partial charge in [0.2, 0.25) is 11.8 Å². The van der Waals surface area contributed by atoms with Crippen LogP contribution in [0.25, 0.3) is 0 Å². The highest BCUT2D eigenvalue weighted by molar-refractivity contribution is 7.92. The summed E-state index contributed by atoms with van der Waals surface area (Å²) < 4.78 is 29.8. The fourth-order valence-electron chi connectivity index (χ4n) is 6.16. The van der Waals surface area contributed by atoms with Crippen LogP contribution in [0.4, 0.5) is 5.69 Å². The van der Waals surface area contributed by atoms with Gasteiger partial charge in [0.15, 0.2) is 0 Å². The second kappa shape index (κ2) is 15.8. The molecule has 0 heterocycles. The number of amides is 2. The maximum Gasteiger partial charge on any atom is 0.264 e. The zero-order valence-corrected chi connectivity index (χ0v) is 29.4. The number of halogens is 1. The molecule has 252 valence electrons. The summed E-state index contributed by atoms with van der Waals surface area (Å²) in [6.45, 7) is 5.27. The Hall–Kier alpha value is -4.14. The first-order valence-corrected chi connectivity index (χ1v) is 18.4. The Bertz CT molecular complexity index is 1820. The summed E-state index contributed by atoms with van der Waals surface area (Å²) in [7, 11) is -4.18. The van der Waals surface area contributed by atoms with Gasteiger partial charge in [-0.3, -0.25) is 13.9 Å². The van der Waals surface area contributed by atoms with Gasteiger partial charge in [-0.2, -0.15) is 0 Å². The highest BCUT2D eigenvalue weighted by Gasteiger charge is 2.35. The van der Waals surface area contributed by atoms with Crippen LogP contribution in [0.2, 0.25) is 5.02 Å². The Labute approximate surface area is 290 Å². The normalized spacial score (nSPS) is 14.2. The van der Waals surface area contributed by atoms with Gasteiger partial charge in [0.1, 0.15) is 12.6 Å². The fraction of sp³-hybridized carbons (Fsp3) is 0.333. The van der Waals surface area contributed by atoms with Gasteiger partial charge in [0.25, 0.3) is 10.0 Å². The molecule has 0 unspecified atom stereocenters. The lowest BCUT2D eigenvalue weighted by Crippen LogP contribution is -2.55. The molecule has 1 aliphatic rings. The quantitative estimate of drug-likeness (QED) is 0.167. The van der Waals surface area contributed by atoms with Crippen molar-refractivity contribution in [3.05, 3.63) is 130 Å². The van der Waals surface area contributed by atoms with E-state index in [1.165, 1.54) is 4.90 Å². The van der Waals surface area contributed by atoms with E-state index in [1.807, 2.05) is 75.4 Å². The van der Waals surface area contributed by atoms with Crippen LogP contribution < -0.4 is 9.62 Å². The number of aryl methyl sites for hydroxylation is 3. The molecule has 1 fully saturated rings. The van der Waals surface area contributed by atoms with Crippen molar-refractivity contribution in [1.82, 2.24) is 10.2 Å². The van der Waals surface area contributed by atoms with E-state index < -0.39 is 28.5 Å². The van der Waals surface area contributed by atoms with Crippen molar-refractivity contribution in [1.29, 1.82) is 0 Å². The van der Waals surface area contributed by atoms with E-state index in [2.05, 4.69) is 5.32 Å². The lowest BCUT2D eigenvalue weighted by molar-refractivity contribution is -0.140. The van der Waals surface area contributed by atoms with Crippen molar-refractivity contribution >= 4 is 39.1 Å². The topological polar surface area (TPSA) is 86.8 Å². The predicted octanol–water partition coefficient (Wildman–Crippen LogP) is 7.55. The summed E-state index contributed by atoms with van der Waals surface area (Å²) in [5, 5.41) is 3.70. The van der Waals surface area contributed by atoms with Gasteiger partial charge < -0.3 is 10.2 Å². The molecule has 48 heavy (non-hydrogen) atoms. The average molecular weight is 686 g/mol. The molecular weight excluding hydrogens is 642 g/mol. The lowest BCUT2D eigenvalue weighted by atomic mass is 9.94. The van der Waals surface area contributed by atoms with Gasteiger partial charge in [-0.1, -0.05) is 103 Å². The molecule has 0 radical (unpaired) electrons. The number of rotatable bonds is 12. The van der Waals surface area contributed by atoms with E-state index in [9.17, 15) is 18.0 Å². The van der Waals surface area contributed by atoms with Crippen LogP contribution in [0.3, 0.4) is 0 Å². The highest BCUT2D eigenvalue weighted by Crippen LogP contribution is 2.28. The number of hydrogen-bond donors (Lipinski definition) is 1. The molecule has 0 aromatic heterocycles. The van der Waals surface area contributed by atoms with Crippen molar-refractivity contribution in [2.75, 3.05) is 10.8 Å². The van der Waals surface area contributed by atoms with Crippen LogP contribution >= 0.6 is 11.6 Å². The minimum atomic E-state index is -4.18. The average Bonchev–Trinajstić information content (AvgIpc) is 3.08. The summed E-state index contributed by atoms with van der Waals surface area (Å²) in [5.74, 6) is -0.770. The third-order valence-electron chi connectivity index (χ3n) is 9.19. The second-order valence-corrected chi connectivity index (χ2v) is 15.0. The summed E-state index contributed by atoms with van der Waals surface area (Å²) in [6.07, 6.45) is 5.25. The molecule has 1 atom stereocenters. The minimum absolute atomic E-state index is 0.0238. The number of sulfonamides is 1. The number of nitrogens with one attached hydrogen (secondary N) is 1. The van der Waals surface area contributed by atoms with Gasteiger partial charge in [0, 0.05) is 24.0 Å². The van der Waals surface area contributed by atoms with E-state index in [-0.39, 0.29) is 29.8 Å². The Morgan fingerprint density at radius 2 is 1.50 bits per heavy atom. The van der Waals surface area contributed by atoms with Gasteiger partial charge in [0.05, 0.1) is 10.6 Å². The minimum Gasteiger partial charge on any atom is -0.352 e. The van der Waals surface area contributed by atoms with Crippen molar-refractivity contribution in [2.24, 2.45) is 0 Å². The van der Waals surface area contributed by atoms with Crippen LogP contribution in [-0.4, -0.2) is 43.8 Å². The summed E-state index contributed by atoms with van der Waals surface area (Å²) >= 11 is 6.63. The molecule has 4 aromatic rings. The maximum absolute atomic E-state index is 14.8. The van der Waals surface area contributed by atoms with Crippen LogP contribution in [0.1, 0.15) is 59.9 Å². The van der Waals surface area contributed by atoms with E-state index in [1.54, 1.807) is 42.5 Å². The maximum atomic E-state index is 14.8. The summed E-state index contributed by atoms with van der Waals surface area (Å²) in [4.78, 5) is 30.6. The first-order valence-electron chi connectivity index (χ1n) is 16.6. The van der Waals surface area contributed by atoms with Gasteiger partial charge in [-0.15, -0.1) is 0 Å². The van der Waals surface area contributed by atoms with Gasteiger partial charge >= 0.3 is 0 Å². The van der Waals surface area contributed by atoms with Crippen LogP contribution in [-0.2, 0) is 32.6 Å². The molecule has 4 aromatic carbocycles. The van der Waals surface area contributed by atoms with Crippen molar-refractivity contribution in [3.8, 4) is 0 Å². The van der Waals surface area contributed by atoms with E-state index in [0.717, 1.165) is 58.7 Å². The summed E-state index contributed by atoms with van der Waals surface area (Å²) in [5.41, 5.74) is 4.73. The van der Waals surface area contributed by atoms with Crippen molar-refractivity contribution in [3.63, 3.8) is 0 Å². The highest BCUT2D eigenvalue weighted by atomic mass is 35.5. The molecule has 1 aliphatic carbocycles. The molecule has 9 heteroatoms. The number of carbonyl (C=O) groups is 2. The van der Waals surface area contributed by atoms with Crippen LogP contribution in [0, 0.1) is 20.8 Å². The van der Waals surface area contributed by atoms with Crippen LogP contribution in [0.15, 0.2) is 102 Å². The first kappa shape index (κ1) is 35.2. The Morgan fingerprint density at radius 3 is 2.17 bits per heavy atom. The first-order chi connectivity index (χ1) is 23.0. The molecule has 7 nitrogen and oxygen atoms in total. The SMILES string of the molecule is Cc1ccc(S(=O)(=O)N(CC(=O)N(Cc2ccccc2Cl)[C@@H](Cc2ccccc2)C(=O)NC2CCCCC2)c2ccc(C)c(C)c2)cc1. The second-order valence-electron chi connectivity index (χ2n) is 12.8. The van der Waals surface area contributed by atoms with E-state index in [0.29, 0.717) is 16.3 Å². The van der Waals surface area contributed by atoms with E-state index in [4.69, 9.17) is 11.6 Å². The molecule has 0 aliphatic heterocycles. The molecule has 0 bridgehead atoms. The lowest BCUT2D eigenvalue weighted by Gasteiger charge is -2.35. The number of anilines is 1. The molecule has 1 saturated carbocycles. The Kier molecular flexibility index (Phi) is 11.6. The number of nitrogens with zero attached hydrogens (tertiary/aromatic N) is 2. The number of hydrogen-bond acceptors (Lipinski definition) is 4. The summed E-state index contributed by atoms with van der Waals surface area (Å²) in [6, 6.07) is 27.8. The largest absolute Gasteiger partial charge is 0.352 e. The Balaban J connectivity index is 1.58. The fourth-order valence-corrected chi connectivity index (χ4v) is 7.76. The molecule has 5 rings (SSSR count). The number of benzene rings is 4. The molecule has 2 amide bonds. The molecular formula is C39H44ClN3O4S. The van der Waals surface area contributed by atoms with Crippen molar-refractivity contribution < 1.29 is 18.0 Å². The zero-order chi connectivity index (χ0) is 34.3. The molecule has 0 saturated heterocycles. The standard InChI is InChI=1S/C39H44ClN3O4S/c1-28-18-22-35(23-19-28)48(46,47)43(34-21-20-29(2)30(3)24-34)27-38(44)42(26-32-14-10-11-17-36(32)40)37(25-31-12-6-4-7-13-31)39(45)41-33-15-8-5-9-16-33/h4,6-7,10-14,17-24,33,37H,5,8-9,15-16,25-27H2,1-3H3,(H,41,45)/t37-/m0/s1. The Morgan fingerprint density at radius 1 is 0.833 bits per heavy atom. The third kappa shape index (κ3) is 8.65. The number of carbonyl (C=O) groups excluding carboxylic acids is 2. The smallest absolute Gasteiger partial charge is 0.264 e. The third-order valence-corrected chi connectivity index (χ3v) is 11.3. The molecule has 1 N–H and O–H groups in total. The monoisotopic (exact) mass is 685 g/mol. The van der Waals surface area contributed by atoms with Gasteiger partial charge in [-0.25, -0.2) is 8.42 Å². The molecule has 0 spiro atoms. The zero-order valence-electron chi connectivity index (χ0n) is 27.9.